The molecule has 2 aliphatic heterocycles. The number of carbonyl (C=O) groups is 2. The molecule has 0 aromatic rings. The van der Waals surface area contributed by atoms with Gasteiger partial charge in [0, 0.05) is 25.0 Å². The number of morpholine rings is 1. The summed E-state index contributed by atoms with van der Waals surface area (Å²) in [5.74, 6) is 3.71. The van der Waals surface area contributed by atoms with E-state index in [2.05, 4.69) is 33.0 Å². The van der Waals surface area contributed by atoms with Crippen molar-refractivity contribution in [2.45, 2.75) is 162 Å². The maximum atomic E-state index is 13.4. The number of fused-ring (bicyclic) bond motifs is 5. The van der Waals surface area contributed by atoms with E-state index in [1.807, 2.05) is 11.8 Å². The lowest BCUT2D eigenvalue weighted by Gasteiger charge is -2.63. The predicted molar refractivity (Wildman–Crippen MR) is 190 cm³/mol. The van der Waals surface area contributed by atoms with Crippen LogP contribution in [0, 0.1) is 51.8 Å². The molecule has 0 radical (unpaired) electrons. The van der Waals surface area contributed by atoms with E-state index in [4.69, 9.17) is 18.9 Å². The first-order valence-electron chi connectivity index (χ1n) is 20.7. The fraction of sp³-hybridized carbons (Fsp3) is 0.951. The average Bonchev–Trinajstić information content (AvgIpc) is 3.31. The zero-order valence-electron chi connectivity index (χ0n) is 31.5. The lowest BCUT2D eigenvalue weighted by Crippen LogP contribution is -2.56. The SMILES string of the molecule is CCNC(=O)OC(C(C)C)C1CCC2CC3CCCC45CC6(CCCC(OC(=O)N7CCOCC7)C(C)(C)C6CCC4C(CC3)CC2O1)C5. The summed E-state index contributed by atoms with van der Waals surface area (Å²) in [4.78, 5) is 27.8. The van der Waals surface area contributed by atoms with Crippen molar-refractivity contribution in [2.75, 3.05) is 32.8 Å². The third-order valence-corrected chi connectivity index (χ3v) is 15.3. The molecule has 2 spiro atoms. The van der Waals surface area contributed by atoms with Crippen LogP contribution in [0.2, 0.25) is 0 Å². The van der Waals surface area contributed by atoms with Gasteiger partial charge in [-0.15, -0.1) is 0 Å². The van der Waals surface area contributed by atoms with Crippen LogP contribution in [0.15, 0.2) is 0 Å². The van der Waals surface area contributed by atoms with Crippen molar-refractivity contribution in [3.63, 3.8) is 0 Å². The van der Waals surface area contributed by atoms with Crippen LogP contribution in [0.3, 0.4) is 0 Å². The van der Waals surface area contributed by atoms with E-state index < -0.39 is 0 Å². The van der Waals surface area contributed by atoms with Crippen LogP contribution >= 0.6 is 0 Å². The quantitative estimate of drug-likeness (QED) is 0.312. The Labute approximate surface area is 296 Å². The van der Waals surface area contributed by atoms with Gasteiger partial charge < -0.3 is 29.2 Å². The number of nitrogens with one attached hydrogen (secondary N) is 1. The molecule has 2 saturated heterocycles. The van der Waals surface area contributed by atoms with E-state index in [0.29, 0.717) is 61.4 Å². The van der Waals surface area contributed by atoms with Crippen LogP contribution in [-0.4, -0.2) is 74.4 Å². The van der Waals surface area contributed by atoms with Gasteiger partial charge >= 0.3 is 12.2 Å². The Balaban J connectivity index is 1.10. The number of amides is 2. The predicted octanol–water partition coefficient (Wildman–Crippen LogP) is 8.75. The van der Waals surface area contributed by atoms with E-state index in [-0.39, 0.29) is 47.9 Å². The highest BCUT2D eigenvalue weighted by Gasteiger charge is 2.67. The summed E-state index contributed by atoms with van der Waals surface area (Å²) in [6.07, 6.45) is 19.9. The normalized spacial score (nSPS) is 42.4. The van der Waals surface area contributed by atoms with Gasteiger partial charge in [0.25, 0.3) is 0 Å². The monoisotopic (exact) mass is 685 g/mol. The molecule has 6 saturated carbocycles. The molecule has 0 aromatic carbocycles. The Kier molecular flexibility index (Phi) is 10.6. The van der Waals surface area contributed by atoms with Crippen LogP contribution in [0.4, 0.5) is 9.59 Å². The van der Waals surface area contributed by atoms with Crippen LogP contribution < -0.4 is 5.32 Å². The Hall–Kier alpha value is -1.54. The van der Waals surface area contributed by atoms with Crippen LogP contribution in [-0.2, 0) is 18.9 Å². The fourth-order valence-corrected chi connectivity index (χ4v) is 13.3. The van der Waals surface area contributed by atoms with Gasteiger partial charge in [0.05, 0.1) is 25.4 Å². The number of hydrogen-bond donors (Lipinski definition) is 1. The van der Waals surface area contributed by atoms with Crippen molar-refractivity contribution in [2.24, 2.45) is 51.8 Å². The largest absolute Gasteiger partial charge is 0.446 e. The van der Waals surface area contributed by atoms with E-state index in [1.54, 1.807) is 0 Å². The molecule has 0 aromatic heterocycles. The molecule has 8 aliphatic rings. The minimum atomic E-state index is -0.314. The first kappa shape index (κ1) is 35.8. The Morgan fingerprint density at radius 1 is 0.878 bits per heavy atom. The zero-order valence-corrected chi connectivity index (χ0v) is 31.5. The first-order valence-corrected chi connectivity index (χ1v) is 20.7. The highest BCUT2D eigenvalue weighted by Crippen LogP contribution is 2.75. The number of nitrogens with zero attached hydrogens (tertiary/aromatic N) is 1. The van der Waals surface area contributed by atoms with Crippen LogP contribution in [0.25, 0.3) is 0 Å². The molecule has 278 valence electrons. The maximum Gasteiger partial charge on any atom is 0.410 e. The first-order chi connectivity index (χ1) is 23.5. The van der Waals surface area contributed by atoms with Crippen molar-refractivity contribution < 1.29 is 28.5 Å². The average molecular weight is 685 g/mol. The number of carbonyl (C=O) groups excluding carboxylic acids is 2. The highest BCUT2D eigenvalue weighted by atomic mass is 16.6. The van der Waals surface area contributed by atoms with Crippen molar-refractivity contribution in [3.05, 3.63) is 0 Å². The highest BCUT2D eigenvalue weighted by molar-refractivity contribution is 5.68. The molecular formula is C41H68N2O6. The standard InChI is InChI=1S/C41H68N2O6/c1-6-42-37(44)49-36(27(2)3)32-15-13-30-23-28-9-7-17-40-25-41(26-40)18-8-10-35(48-38(45)43-19-21-46-22-20-43)39(4,5)34(41)16-14-31(40)29(12-11-28)24-33(30)47-32/h27-36H,6-26H2,1-5H3,(H,42,44). The van der Waals surface area contributed by atoms with Crippen molar-refractivity contribution in [1.29, 1.82) is 0 Å². The van der Waals surface area contributed by atoms with Crippen molar-refractivity contribution in [3.8, 4) is 0 Å². The Bertz CT molecular complexity index is 1160. The number of alkyl carbamates (subject to hydrolysis) is 1. The maximum absolute atomic E-state index is 13.4. The molecule has 8 nitrogen and oxygen atoms in total. The van der Waals surface area contributed by atoms with E-state index in [1.165, 1.54) is 89.9 Å². The molecule has 2 amide bonds. The van der Waals surface area contributed by atoms with Gasteiger partial charge in [0.1, 0.15) is 12.2 Å². The van der Waals surface area contributed by atoms with Gasteiger partial charge in [-0.05, 0) is 137 Å². The summed E-state index contributed by atoms with van der Waals surface area (Å²) in [5, 5.41) is 2.84. The molecule has 8 fully saturated rings. The Morgan fingerprint density at radius 3 is 2.37 bits per heavy atom. The van der Waals surface area contributed by atoms with E-state index >= 15 is 0 Å². The number of hydrogen-bond acceptors (Lipinski definition) is 6. The molecule has 8 rings (SSSR count). The summed E-state index contributed by atoms with van der Waals surface area (Å²) in [6, 6.07) is 0. The topological polar surface area (TPSA) is 86.3 Å². The van der Waals surface area contributed by atoms with Gasteiger partial charge in [0.2, 0.25) is 0 Å². The second-order valence-electron chi connectivity index (χ2n) is 18.8. The van der Waals surface area contributed by atoms with E-state index in [9.17, 15) is 9.59 Å². The minimum absolute atomic E-state index is 0.0212. The molecule has 6 aliphatic carbocycles. The molecule has 1 N–H and O–H groups in total. The molecule has 8 heteroatoms. The lowest BCUT2D eigenvalue weighted by molar-refractivity contribution is -0.166. The summed E-state index contributed by atoms with van der Waals surface area (Å²) < 4.78 is 25.1. The van der Waals surface area contributed by atoms with Crippen molar-refractivity contribution >= 4 is 12.2 Å². The summed E-state index contributed by atoms with van der Waals surface area (Å²) in [6.45, 7) is 14.2. The third-order valence-electron chi connectivity index (χ3n) is 15.3. The zero-order chi connectivity index (χ0) is 34.4. The summed E-state index contributed by atoms with van der Waals surface area (Å²) in [7, 11) is 0. The van der Waals surface area contributed by atoms with Gasteiger partial charge in [0.15, 0.2) is 0 Å². The van der Waals surface area contributed by atoms with Crippen LogP contribution in [0.5, 0.6) is 0 Å². The number of ether oxygens (including phenoxy) is 4. The number of rotatable bonds is 5. The smallest absolute Gasteiger partial charge is 0.410 e. The molecule has 9 atom stereocenters. The molecule has 2 heterocycles. The molecular weight excluding hydrogens is 616 g/mol. The van der Waals surface area contributed by atoms with Gasteiger partial charge in [-0.25, -0.2) is 9.59 Å². The second kappa shape index (κ2) is 14.5. The van der Waals surface area contributed by atoms with Crippen molar-refractivity contribution in [1.82, 2.24) is 10.2 Å². The van der Waals surface area contributed by atoms with E-state index in [0.717, 1.165) is 24.7 Å². The Morgan fingerprint density at radius 2 is 1.61 bits per heavy atom. The van der Waals surface area contributed by atoms with Gasteiger partial charge in [-0.1, -0.05) is 47.0 Å². The summed E-state index contributed by atoms with van der Waals surface area (Å²) >= 11 is 0. The van der Waals surface area contributed by atoms with Gasteiger partial charge in [-0.2, -0.15) is 0 Å². The summed E-state index contributed by atoms with van der Waals surface area (Å²) in [5.41, 5.74) is 0.820. The fourth-order valence-electron chi connectivity index (χ4n) is 13.3. The molecule has 4 bridgehead atoms. The molecule has 9 unspecified atom stereocenters. The minimum Gasteiger partial charge on any atom is -0.446 e. The second-order valence-corrected chi connectivity index (χ2v) is 18.8. The third kappa shape index (κ3) is 7.01. The lowest BCUT2D eigenvalue weighted by atomic mass is 9.41. The molecule has 49 heavy (non-hydrogen) atoms. The van der Waals surface area contributed by atoms with Crippen LogP contribution in [0.1, 0.15) is 137 Å². The van der Waals surface area contributed by atoms with Gasteiger partial charge in [-0.3, -0.25) is 0 Å².